The Labute approximate surface area is 112 Å². The highest BCUT2D eigenvalue weighted by Gasteiger charge is 2.05. The van der Waals surface area contributed by atoms with Crippen LogP contribution < -0.4 is 5.32 Å². The lowest BCUT2D eigenvalue weighted by molar-refractivity contribution is 0.402. The molecule has 2 rings (SSSR count). The molecule has 0 fully saturated rings. The van der Waals surface area contributed by atoms with E-state index in [1.165, 1.54) is 6.07 Å². The van der Waals surface area contributed by atoms with Gasteiger partial charge < -0.3 is 19.9 Å². The molecule has 2 aromatic rings. The highest BCUT2D eigenvalue weighted by atomic mass is 16.3. The van der Waals surface area contributed by atoms with E-state index in [1.54, 1.807) is 18.4 Å². The highest BCUT2D eigenvalue weighted by Crippen LogP contribution is 2.24. The third-order valence-corrected chi connectivity index (χ3v) is 3.10. The zero-order chi connectivity index (χ0) is 13.7. The van der Waals surface area contributed by atoms with Crippen molar-refractivity contribution < 1.29 is 14.6 Å². The predicted molar refractivity (Wildman–Crippen MR) is 73.1 cm³/mol. The Bertz CT molecular complexity index is 508. The van der Waals surface area contributed by atoms with Gasteiger partial charge in [-0.3, -0.25) is 0 Å². The van der Waals surface area contributed by atoms with Crippen LogP contribution in [0.5, 0.6) is 11.5 Å². The van der Waals surface area contributed by atoms with Gasteiger partial charge in [0.15, 0.2) is 11.5 Å². The molecule has 102 valence electrons. The number of phenolic OH excluding ortho intramolecular Hbond substituents is 2. The molecule has 0 saturated carbocycles. The van der Waals surface area contributed by atoms with Gasteiger partial charge in [0.1, 0.15) is 5.76 Å². The first kappa shape index (κ1) is 13.5. The van der Waals surface area contributed by atoms with E-state index in [9.17, 15) is 10.2 Å². The van der Waals surface area contributed by atoms with Gasteiger partial charge >= 0.3 is 0 Å². The Morgan fingerprint density at radius 2 is 2.05 bits per heavy atom. The predicted octanol–water partition coefficient (Wildman–Crippen LogP) is 2.80. The van der Waals surface area contributed by atoms with E-state index in [4.69, 9.17) is 4.42 Å². The first-order valence-electron chi connectivity index (χ1n) is 6.42. The number of benzene rings is 1. The van der Waals surface area contributed by atoms with E-state index < -0.39 is 0 Å². The second-order valence-corrected chi connectivity index (χ2v) is 4.72. The normalized spacial score (nSPS) is 12.5. The largest absolute Gasteiger partial charge is 0.504 e. The van der Waals surface area contributed by atoms with Crippen LogP contribution >= 0.6 is 0 Å². The van der Waals surface area contributed by atoms with E-state index in [2.05, 4.69) is 12.2 Å². The van der Waals surface area contributed by atoms with Gasteiger partial charge in [-0.15, -0.1) is 0 Å². The lowest BCUT2D eigenvalue weighted by atomic mass is 10.1. The van der Waals surface area contributed by atoms with Crippen molar-refractivity contribution in [1.29, 1.82) is 0 Å². The Hall–Kier alpha value is -1.94. The van der Waals surface area contributed by atoms with Crippen LogP contribution in [0.1, 0.15) is 24.7 Å². The van der Waals surface area contributed by atoms with Gasteiger partial charge in [0.25, 0.3) is 0 Å². The molecule has 0 radical (unpaired) electrons. The zero-order valence-electron chi connectivity index (χ0n) is 11.0. The summed E-state index contributed by atoms with van der Waals surface area (Å²) >= 11 is 0. The maximum Gasteiger partial charge on any atom is 0.157 e. The van der Waals surface area contributed by atoms with Gasteiger partial charge in [0, 0.05) is 19.0 Å². The molecule has 0 aliphatic rings. The van der Waals surface area contributed by atoms with Gasteiger partial charge in [0.05, 0.1) is 6.26 Å². The molecule has 0 saturated heterocycles. The monoisotopic (exact) mass is 261 g/mol. The standard InChI is InChI=1S/C15H19NO3/c1-11(4-6-13-3-2-8-19-13)16-10-12-5-7-14(17)15(18)9-12/h2-3,5,7-9,11,16-18H,4,6,10H2,1H3. The van der Waals surface area contributed by atoms with E-state index in [0.29, 0.717) is 12.6 Å². The molecule has 0 amide bonds. The number of phenols is 2. The fourth-order valence-electron chi connectivity index (χ4n) is 1.89. The van der Waals surface area contributed by atoms with E-state index >= 15 is 0 Å². The minimum atomic E-state index is -0.0883. The molecule has 0 spiro atoms. The first-order chi connectivity index (χ1) is 9.15. The van der Waals surface area contributed by atoms with Crippen molar-refractivity contribution in [3.63, 3.8) is 0 Å². The summed E-state index contributed by atoms with van der Waals surface area (Å²) in [5.74, 6) is 0.827. The number of nitrogens with one attached hydrogen (secondary N) is 1. The Balaban J connectivity index is 1.76. The van der Waals surface area contributed by atoms with Crippen molar-refractivity contribution in [3.8, 4) is 11.5 Å². The van der Waals surface area contributed by atoms with Crippen LogP contribution in [0.15, 0.2) is 41.0 Å². The SMILES string of the molecule is CC(CCc1ccco1)NCc1ccc(O)c(O)c1. The highest BCUT2D eigenvalue weighted by molar-refractivity contribution is 5.40. The molecule has 4 heteroatoms. The van der Waals surface area contributed by atoms with E-state index in [-0.39, 0.29) is 11.5 Å². The molecule has 19 heavy (non-hydrogen) atoms. The molecule has 1 aromatic carbocycles. The van der Waals surface area contributed by atoms with Crippen LogP contribution in [-0.2, 0) is 13.0 Å². The second kappa shape index (κ2) is 6.29. The molecule has 0 aliphatic carbocycles. The first-order valence-corrected chi connectivity index (χ1v) is 6.42. The number of rotatable bonds is 6. The number of aryl methyl sites for hydroxylation is 1. The van der Waals surface area contributed by atoms with Gasteiger partial charge in [0.2, 0.25) is 0 Å². The summed E-state index contributed by atoms with van der Waals surface area (Å²) in [6.45, 7) is 2.77. The van der Waals surface area contributed by atoms with E-state index in [0.717, 1.165) is 24.2 Å². The smallest absolute Gasteiger partial charge is 0.157 e. The molecule has 1 aromatic heterocycles. The summed E-state index contributed by atoms with van der Waals surface area (Å²) in [5, 5.41) is 22.0. The fraction of sp³-hybridized carbons (Fsp3) is 0.333. The zero-order valence-corrected chi connectivity index (χ0v) is 11.0. The van der Waals surface area contributed by atoms with Crippen molar-refractivity contribution in [2.75, 3.05) is 0 Å². The van der Waals surface area contributed by atoms with Gasteiger partial charge in [-0.2, -0.15) is 0 Å². The van der Waals surface area contributed by atoms with Crippen molar-refractivity contribution in [3.05, 3.63) is 47.9 Å². The summed E-state index contributed by atoms with van der Waals surface area (Å²) in [6.07, 6.45) is 3.58. The Kier molecular flexibility index (Phi) is 4.47. The summed E-state index contributed by atoms with van der Waals surface area (Å²) in [6, 6.07) is 9.08. The number of aromatic hydroxyl groups is 2. The van der Waals surface area contributed by atoms with Crippen LogP contribution in [-0.4, -0.2) is 16.3 Å². The summed E-state index contributed by atoms with van der Waals surface area (Å²) in [4.78, 5) is 0. The molecule has 0 bridgehead atoms. The van der Waals surface area contributed by atoms with Gasteiger partial charge in [-0.1, -0.05) is 6.07 Å². The third-order valence-electron chi connectivity index (χ3n) is 3.10. The fourth-order valence-corrected chi connectivity index (χ4v) is 1.89. The van der Waals surface area contributed by atoms with Crippen LogP contribution in [0.3, 0.4) is 0 Å². The summed E-state index contributed by atoms with van der Waals surface area (Å²) in [7, 11) is 0. The van der Waals surface area contributed by atoms with Crippen molar-refractivity contribution in [1.82, 2.24) is 5.32 Å². The Morgan fingerprint density at radius 1 is 1.21 bits per heavy atom. The van der Waals surface area contributed by atoms with Gasteiger partial charge in [-0.05, 0) is 43.2 Å². The molecule has 1 heterocycles. The minimum absolute atomic E-state index is 0.0810. The summed E-state index contributed by atoms with van der Waals surface area (Å²) < 4.78 is 5.29. The van der Waals surface area contributed by atoms with Crippen molar-refractivity contribution in [2.24, 2.45) is 0 Å². The van der Waals surface area contributed by atoms with Crippen molar-refractivity contribution in [2.45, 2.75) is 32.4 Å². The quantitative estimate of drug-likeness (QED) is 0.700. The topological polar surface area (TPSA) is 65.6 Å². The van der Waals surface area contributed by atoms with Crippen molar-refractivity contribution >= 4 is 0 Å². The van der Waals surface area contributed by atoms with Crippen LogP contribution in [0.2, 0.25) is 0 Å². The molecule has 1 atom stereocenters. The lowest BCUT2D eigenvalue weighted by Gasteiger charge is -2.13. The maximum absolute atomic E-state index is 9.40. The Morgan fingerprint density at radius 3 is 2.74 bits per heavy atom. The summed E-state index contributed by atoms with van der Waals surface area (Å²) in [5.41, 5.74) is 0.945. The van der Waals surface area contributed by atoms with Crippen LogP contribution in [0.25, 0.3) is 0 Å². The molecule has 3 N–H and O–H groups in total. The molecule has 1 unspecified atom stereocenters. The second-order valence-electron chi connectivity index (χ2n) is 4.72. The number of hydrogen-bond acceptors (Lipinski definition) is 4. The molecule has 0 aliphatic heterocycles. The number of furan rings is 1. The van der Waals surface area contributed by atoms with Crippen LogP contribution in [0.4, 0.5) is 0 Å². The maximum atomic E-state index is 9.40. The number of hydrogen-bond donors (Lipinski definition) is 3. The minimum Gasteiger partial charge on any atom is -0.504 e. The van der Waals surface area contributed by atoms with Gasteiger partial charge in [-0.25, -0.2) is 0 Å². The molecular formula is C15H19NO3. The lowest BCUT2D eigenvalue weighted by Crippen LogP contribution is -2.25. The molecular weight excluding hydrogens is 242 g/mol. The molecule has 4 nitrogen and oxygen atoms in total. The average molecular weight is 261 g/mol. The average Bonchev–Trinajstić information content (AvgIpc) is 2.91. The van der Waals surface area contributed by atoms with Crippen LogP contribution in [0, 0.1) is 0 Å². The van der Waals surface area contributed by atoms with E-state index in [1.807, 2.05) is 12.1 Å². The third kappa shape index (κ3) is 4.03.